The Bertz CT molecular complexity index is 1040. The molecule has 0 saturated carbocycles. The van der Waals surface area contributed by atoms with E-state index in [4.69, 9.17) is 23.2 Å². The van der Waals surface area contributed by atoms with Gasteiger partial charge in [-0.25, -0.2) is 9.67 Å². The van der Waals surface area contributed by atoms with E-state index >= 15 is 0 Å². The van der Waals surface area contributed by atoms with E-state index in [2.05, 4.69) is 25.6 Å². The van der Waals surface area contributed by atoms with Gasteiger partial charge in [0.15, 0.2) is 5.82 Å². The predicted molar refractivity (Wildman–Crippen MR) is 98.9 cm³/mol. The lowest BCUT2D eigenvalue weighted by molar-refractivity contribution is 0.897. The Morgan fingerprint density at radius 2 is 1.80 bits per heavy atom. The molecule has 0 fully saturated rings. The quantitative estimate of drug-likeness (QED) is 0.571. The maximum Gasteiger partial charge on any atom is 0.154 e. The first-order valence-corrected chi connectivity index (χ1v) is 8.23. The summed E-state index contributed by atoms with van der Waals surface area (Å²) in [5.74, 6) is 1.24. The number of para-hydroxylation sites is 1. The number of aromatic nitrogens is 5. The summed E-state index contributed by atoms with van der Waals surface area (Å²) in [5.41, 5.74) is 2.23. The first-order chi connectivity index (χ1) is 12.1. The molecule has 0 spiro atoms. The summed E-state index contributed by atoms with van der Waals surface area (Å²) in [4.78, 5) is 4.38. The monoisotopic (exact) mass is 370 g/mol. The van der Waals surface area contributed by atoms with Gasteiger partial charge in [0.2, 0.25) is 0 Å². The molecule has 4 aromatic rings. The van der Waals surface area contributed by atoms with E-state index in [0.29, 0.717) is 27.4 Å². The minimum absolute atomic E-state index is 0.521. The van der Waals surface area contributed by atoms with Crippen molar-refractivity contribution in [3.63, 3.8) is 0 Å². The van der Waals surface area contributed by atoms with Crippen LogP contribution in [-0.2, 0) is 0 Å². The summed E-state index contributed by atoms with van der Waals surface area (Å²) in [5, 5.41) is 17.7. The smallest absolute Gasteiger partial charge is 0.154 e. The van der Waals surface area contributed by atoms with Crippen molar-refractivity contribution in [3.05, 3.63) is 64.5 Å². The van der Waals surface area contributed by atoms with E-state index in [1.807, 2.05) is 31.3 Å². The fourth-order valence-corrected chi connectivity index (χ4v) is 3.02. The van der Waals surface area contributed by atoms with E-state index in [1.165, 1.54) is 0 Å². The third-order valence-electron chi connectivity index (χ3n) is 3.64. The first-order valence-electron chi connectivity index (χ1n) is 7.48. The van der Waals surface area contributed by atoms with Crippen LogP contribution < -0.4 is 5.32 Å². The topological polar surface area (TPSA) is 68.5 Å². The van der Waals surface area contributed by atoms with Crippen LogP contribution in [0.5, 0.6) is 0 Å². The summed E-state index contributed by atoms with van der Waals surface area (Å²) >= 11 is 12.6. The number of halogens is 2. The Morgan fingerprint density at radius 3 is 2.52 bits per heavy atom. The average molecular weight is 371 g/mol. The second kappa shape index (κ2) is 6.31. The van der Waals surface area contributed by atoms with Crippen LogP contribution in [0.3, 0.4) is 0 Å². The standard InChI is InChI=1S/C17H12Cl2N6/c1-10-5-6-15(23-22-10)21-17-11-9-25(24-14(11)7-8-20-17)16-12(18)3-2-4-13(16)19/h2-9H,1H3,(H,20,21,23). The third-order valence-corrected chi connectivity index (χ3v) is 4.25. The van der Waals surface area contributed by atoms with Crippen LogP contribution in [0.25, 0.3) is 16.6 Å². The van der Waals surface area contributed by atoms with Crippen LogP contribution in [-0.4, -0.2) is 25.0 Å². The highest BCUT2D eigenvalue weighted by molar-refractivity contribution is 6.37. The molecule has 1 aromatic carbocycles. The van der Waals surface area contributed by atoms with Gasteiger partial charge in [0.05, 0.1) is 26.6 Å². The van der Waals surface area contributed by atoms with E-state index < -0.39 is 0 Å². The zero-order chi connectivity index (χ0) is 17.4. The number of hydrogen-bond acceptors (Lipinski definition) is 5. The van der Waals surface area contributed by atoms with Gasteiger partial charge in [0, 0.05) is 12.4 Å². The molecule has 0 radical (unpaired) electrons. The SMILES string of the molecule is Cc1ccc(Nc2nccc3nn(-c4c(Cl)cccc4Cl)cc23)nn1. The fraction of sp³-hybridized carbons (Fsp3) is 0.0588. The maximum absolute atomic E-state index is 6.28. The number of rotatable bonds is 3. The van der Waals surface area contributed by atoms with Crippen LogP contribution in [0.4, 0.5) is 11.6 Å². The zero-order valence-corrected chi connectivity index (χ0v) is 14.6. The summed E-state index contributed by atoms with van der Waals surface area (Å²) in [7, 11) is 0. The lowest BCUT2D eigenvalue weighted by Gasteiger charge is -2.06. The van der Waals surface area contributed by atoms with Gasteiger partial charge in [-0.1, -0.05) is 29.3 Å². The van der Waals surface area contributed by atoms with Gasteiger partial charge in [-0.3, -0.25) is 0 Å². The number of nitrogens with zero attached hydrogens (tertiary/aromatic N) is 5. The van der Waals surface area contributed by atoms with E-state index in [0.717, 1.165) is 16.6 Å². The molecule has 3 heterocycles. The Hall–Kier alpha value is -2.70. The average Bonchev–Trinajstić information content (AvgIpc) is 3.01. The highest BCUT2D eigenvalue weighted by atomic mass is 35.5. The molecule has 0 bridgehead atoms. The molecule has 0 unspecified atom stereocenters. The van der Waals surface area contributed by atoms with E-state index in [9.17, 15) is 0 Å². The highest BCUT2D eigenvalue weighted by Gasteiger charge is 2.13. The zero-order valence-electron chi connectivity index (χ0n) is 13.1. The molecule has 8 heteroatoms. The van der Waals surface area contributed by atoms with Crippen molar-refractivity contribution in [1.29, 1.82) is 0 Å². The summed E-state index contributed by atoms with van der Waals surface area (Å²) in [6, 6.07) is 10.9. The van der Waals surface area contributed by atoms with Gasteiger partial charge in [0.1, 0.15) is 11.5 Å². The number of anilines is 2. The molecule has 0 saturated heterocycles. The van der Waals surface area contributed by atoms with Crippen LogP contribution >= 0.6 is 23.2 Å². The van der Waals surface area contributed by atoms with Gasteiger partial charge < -0.3 is 5.32 Å². The Balaban J connectivity index is 1.80. The summed E-state index contributed by atoms with van der Waals surface area (Å²) < 4.78 is 1.66. The lowest BCUT2D eigenvalue weighted by atomic mass is 10.3. The fourth-order valence-electron chi connectivity index (χ4n) is 2.45. The predicted octanol–water partition coefficient (Wildman–Crippen LogP) is 4.57. The second-order valence-corrected chi connectivity index (χ2v) is 6.24. The number of aryl methyl sites for hydroxylation is 1. The molecule has 0 amide bonds. The molecule has 0 aliphatic carbocycles. The molecule has 0 atom stereocenters. The number of fused-ring (bicyclic) bond motifs is 1. The van der Waals surface area contributed by atoms with Crippen LogP contribution in [0.2, 0.25) is 10.0 Å². The molecular formula is C17H12Cl2N6. The number of nitrogens with one attached hydrogen (secondary N) is 1. The summed E-state index contributed by atoms with van der Waals surface area (Å²) in [6.07, 6.45) is 3.51. The molecule has 25 heavy (non-hydrogen) atoms. The first kappa shape index (κ1) is 15.8. The minimum atomic E-state index is 0.521. The number of pyridine rings is 1. The molecular weight excluding hydrogens is 359 g/mol. The Morgan fingerprint density at radius 1 is 1.00 bits per heavy atom. The molecule has 0 aliphatic rings. The van der Waals surface area contributed by atoms with Crippen molar-refractivity contribution < 1.29 is 0 Å². The van der Waals surface area contributed by atoms with E-state index in [-0.39, 0.29) is 0 Å². The van der Waals surface area contributed by atoms with Crippen LogP contribution in [0.1, 0.15) is 5.69 Å². The Labute approximate surface area is 153 Å². The van der Waals surface area contributed by atoms with Crippen molar-refractivity contribution in [2.75, 3.05) is 5.32 Å². The lowest BCUT2D eigenvalue weighted by Crippen LogP contribution is -1.98. The van der Waals surface area contributed by atoms with Crippen LogP contribution in [0, 0.1) is 6.92 Å². The second-order valence-electron chi connectivity index (χ2n) is 5.42. The summed E-state index contributed by atoms with van der Waals surface area (Å²) in [6.45, 7) is 1.88. The third kappa shape index (κ3) is 3.01. The van der Waals surface area contributed by atoms with Gasteiger partial charge >= 0.3 is 0 Å². The minimum Gasteiger partial charge on any atom is -0.323 e. The van der Waals surface area contributed by atoms with Crippen molar-refractivity contribution in [3.8, 4) is 5.69 Å². The van der Waals surface area contributed by atoms with Gasteiger partial charge in [-0.15, -0.1) is 5.10 Å². The van der Waals surface area contributed by atoms with Gasteiger partial charge in [-0.2, -0.15) is 10.2 Å². The normalized spacial score (nSPS) is 11.0. The Kier molecular flexibility index (Phi) is 3.99. The van der Waals surface area contributed by atoms with E-state index in [1.54, 1.807) is 29.1 Å². The number of benzene rings is 1. The van der Waals surface area contributed by atoms with Crippen molar-refractivity contribution in [2.45, 2.75) is 6.92 Å². The van der Waals surface area contributed by atoms with Gasteiger partial charge in [-0.05, 0) is 37.3 Å². The molecule has 4 rings (SSSR count). The van der Waals surface area contributed by atoms with Crippen molar-refractivity contribution in [2.24, 2.45) is 0 Å². The largest absolute Gasteiger partial charge is 0.323 e. The van der Waals surface area contributed by atoms with Crippen molar-refractivity contribution >= 4 is 45.7 Å². The molecule has 3 aromatic heterocycles. The number of hydrogen-bond donors (Lipinski definition) is 1. The van der Waals surface area contributed by atoms with Crippen molar-refractivity contribution in [1.82, 2.24) is 25.0 Å². The maximum atomic E-state index is 6.28. The molecule has 124 valence electrons. The highest BCUT2D eigenvalue weighted by Crippen LogP contribution is 2.30. The molecule has 0 aliphatic heterocycles. The van der Waals surface area contributed by atoms with Gasteiger partial charge in [0.25, 0.3) is 0 Å². The molecule has 6 nitrogen and oxygen atoms in total. The van der Waals surface area contributed by atoms with Crippen LogP contribution in [0.15, 0.2) is 48.8 Å². The molecule has 1 N–H and O–H groups in total.